The molecule has 1 amide bonds. The summed E-state index contributed by atoms with van der Waals surface area (Å²) in [5.74, 6) is -0.500. The number of rotatable bonds is 8. The van der Waals surface area contributed by atoms with Crippen molar-refractivity contribution in [3.63, 3.8) is 0 Å². The predicted molar refractivity (Wildman–Crippen MR) is 122 cm³/mol. The first kappa shape index (κ1) is 24.5. The smallest absolute Gasteiger partial charge is 0.342 e. The molecule has 10 heteroatoms. The molecule has 2 aromatic rings. The van der Waals surface area contributed by atoms with E-state index in [-0.39, 0.29) is 16.2 Å². The number of carbonyl (C=O) groups excluding carboxylic acids is 2. The van der Waals surface area contributed by atoms with Crippen molar-refractivity contribution in [1.29, 1.82) is 0 Å². The Morgan fingerprint density at radius 2 is 1.64 bits per heavy atom. The van der Waals surface area contributed by atoms with Gasteiger partial charge in [0.15, 0.2) is 6.10 Å². The Labute approximate surface area is 193 Å². The summed E-state index contributed by atoms with van der Waals surface area (Å²) in [5.41, 5.74) is 0.549. The number of esters is 1. The van der Waals surface area contributed by atoms with E-state index < -0.39 is 28.0 Å². The highest BCUT2D eigenvalue weighted by Gasteiger charge is 2.26. The number of piperidine rings is 1. The number of carbonyl (C=O) groups is 2. The second-order valence-electron chi connectivity index (χ2n) is 7.59. The minimum absolute atomic E-state index is 0.158. The quantitative estimate of drug-likeness (QED) is 0.583. The van der Waals surface area contributed by atoms with Crippen LogP contribution in [-0.4, -0.2) is 58.0 Å². The van der Waals surface area contributed by atoms with E-state index in [0.717, 1.165) is 19.3 Å². The minimum atomic E-state index is -3.55. The number of hydrogen-bond donors (Lipinski definition) is 1. The molecule has 1 aliphatic heterocycles. The summed E-state index contributed by atoms with van der Waals surface area (Å²) < 4.78 is 42.5. The molecule has 1 aliphatic rings. The first-order valence-electron chi connectivity index (χ1n) is 10.6. The van der Waals surface area contributed by atoms with Crippen LogP contribution in [0.3, 0.4) is 0 Å². The summed E-state index contributed by atoms with van der Waals surface area (Å²) in [6.07, 6.45) is 1.64. The van der Waals surface area contributed by atoms with Crippen molar-refractivity contribution in [2.45, 2.75) is 37.2 Å². The summed E-state index contributed by atoms with van der Waals surface area (Å²) >= 11 is 0. The lowest BCUT2D eigenvalue weighted by molar-refractivity contribution is -0.123. The van der Waals surface area contributed by atoms with Gasteiger partial charge in [0.25, 0.3) is 5.91 Å². The molecule has 0 spiro atoms. The highest BCUT2D eigenvalue weighted by molar-refractivity contribution is 7.89. The van der Waals surface area contributed by atoms with Gasteiger partial charge in [-0.1, -0.05) is 6.42 Å². The van der Waals surface area contributed by atoms with E-state index in [2.05, 4.69) is 5.32 Å². The van der Waals surface area contributed by atoms with E-state index >= 15 is 0 Å². The zero-order valence-corrected chi connectivity index (χ0v) is 19.7. The number of sulfonamides is 1. The highest BCUT2D eigenvalue weighted by atomic mass is 32.2. The Hall–Kier alpha value is -3.11. The fraction of sp³-hybridized carbons (Fsp3) is 0.391. The van der Waals surface area contributed by atoms with Crippen molar-refractivity contribution >= 4 is 27.6 Å². The van der Waals surface area contributed by atoms with Crippen LogP contribution in [0.5, 0.6) is 11.5 Å². The first-order valence-corrected chi connectivity index (χ1v) is 12.0. The molecule has 1 fully saturated rings. The normalized spacial score (nSPS) is 15.4. The molecule has 1 saturated heterocycles. The van der Waals surface area contributed by atoms with Crippen LogP contribution in [0.2, 0.25) is 0 Å². The topological polar surface area (TPSA) is 111 Å². The van der Waals surface area contributed by atoms with Crippen LogP contribution in [0.4, 0.5) is 5.69 Å². The van der Waals surface area contributed by atoms with E-state index in [1.165, 1.54) is 55.8 Å². The molecule has 0 radical (unpaired) electrons. The van der Waals surface area contributed by atoms with Crippen LogP contribution >= 0.6 is 0 Å². The van der Waals surface area contributed by atoms with E-state index in [0.29, 0.717) is 24.5 Å². The van der Waals surface area contributed by atoms with Gasteiger partial charge in [-0.05, 0) is 56.2 Å². The number of amides is 1. The molecule has 1 N–H and O–H groups in total. The number of nitrogens with zero attached hydrogens (tertiary/aromatic N) is 1. The maximum absolute atomic E-state index is 12.7. The number of anilines is 1. The molecule has 0 unspecified atom stereocenters. The molecule has 0 aromatic heterocycles. The summed E-state index contributed by atoms with van der Waals surface area (Å²) in [4.78, 5) is 25.2. The molecule has 1 heterocycles. The highest BCUT2D eigenvalue weighted by Crippen LogP contribution is 2.26. The van der Waals surface area contributed by atoms with E-state index in [4.69, 9.17) is 14.2 Å². The second-order valence-corrected chi connectivity index (χ2v) is 9.53. The summed E-state index contributed by atoms with van der Waals surface area (Å²) in [7, 11) is -0.643. The molecule has 1 atom stereocenters. The molecular formula is C23H28N2O7S. The van der Waals surface area contributed by atoms with Crippen LogP contribution in [0.1, 0.15) is 36.5 Å². The standard InChI is InChI=1S/C23H28N2O7S/c1-16(32-23(27)20-12-9-18(30-2)15-21(20)31-3)22(26)24-17-7-10-19(11-8-17)33(28,29)25-13-5-4-6-14-25/h7-12,15-16H,4-6,13-14H2,1-3H3,(H,24,26)/t16-/m1/s1. The molecular weight excluding hydrogens is 448 g/mol. The molecule has 178 valence electrons. The zero-order valence-electron chi connectivity index (χ0n) is 18.9. The molecule has 3 rings (SSSR count). The molecule has 33 heavy (non-hydrogen) atoms. The van der Waals surface area contributed by atoms with E-state index in [1.807, 2.05) is 0 Å². The molecule has 0 saturated carbocycles. The Morgan fingerprint density at radius 1 is 0.970 bits per heavy atom. The van der Waals surface area contributed by atoms with Crippen LogP contribution in [0, 0.1) is 0 Å². The van der Waals surface area contributed by atoms with Crippen molar-refractivity contribution in [3.05, 3.63) is 48.0 Å². The Balaban J connectivity index is 1.62. The van der Waals surface area contributed by atoms with Gasteiger partial charge in [-0.3, -0.25) is 4.79 Å². The third kappa shape index (κ3) is 5.82. The first-order chi connectivity index (χ1) is 15.8. The van der Waals surface area contributed by atoms with Crippen molar-refractivity contribution in [2.24, 2.45) is 0 Å². The second kappa shape index (κ2) is 10.7. The molecule has 9 nitrogen and oxygen atoms in total. The van der Waals surface area contributed by atoms with E-state index in [1.54, 1.807) is 12.1 Å². The lowest BCUT2D eigenvalue weighted by atomic mass is 10.2. The summed E-state index contributed by atoms with van der Waals surface area (Å²) in [6, 6.07) is 10.6. The van der Waals surface area contributed by atoms with Gasteiger partial charge in [0.2, 0.25) is 10.0 Å². The zero-order chi connectivity index (χ0) is 24.0. The van der Waals surface area contributed by atoms with Crippen LogP contribution in [0.15, 0.2) is 47.4 Å². The molecule has 0 aliphatic carbocycles. The van der Waals surface area contributed by atoms with E-state index in [9.17, 15) is 18.0 Å². The van der Waals surface area contributed by atoms with Crippen LogP contribution in [-0.2, 0) is 19.6 Å². The number of benzene rings is 2. The maximum atomic E-state index is 12.7. The van der Waals surface area contributed by atoms with Crippen molar-refractivity contribution in [3.8, 4) is 11.5 Å². The monoisotopic (exact) mass is 476 g/mol. The average Bonchev–Trinajstić information content (AvgIpc) is 2.84. The lowest BCUT2D eigenvalue weighted by Gasteiger charge is -2.25. The van der Waals surface area contributed by atoms with Crippen LogP contribution in [0.25, 0.3) is 0 Å². The summed E-state index contributed by atoms with van der Waals surface area (Å²) in [5, 5.41) is 2.63. The third-order valence-electron chi connectivity index (χ3n) is 5.36. The Bertz CT molecular complexity index is 1090. The van der Waals surface area contributed by atoms with Gasteiger partial charge >= 0.3 is 5.97 Å². The third-order valence-corrected chi connectivity index (χ3v) is 7.27. The fourth-order valence-electron chi connectivity index (χ4n) is 3.45. The maximum Gasteiger partial charge on any atom is 0.342 e. The fourth-order valence-corrected chi connectivity index (χ4v) is 4.97. The van der Waals surface area contributed by atoms with Gasteiger partial charge in [0.1, 0.15) is 17.1 Å². The summed E-state index contributed by atoms with van der Waals surface area (Å²) in [6.45, 7) is 2.48. The molecule has 2 aromatic carbocycles. The number of methoxy groups -OCH3 is 2. The largest absolute Gasteiger partial charge is 0.497 e. The van der Waals surface area contributed by atoms with Gasteiger partial charge in [0, 0.05) is 24.8 Å². The Morgan fingerprint density at radius 3 is 2.24 bits per heavy atom. The number of ether oxygens (including phenoxy) is 3. The SMILES string of the molecule is COc1ccc(C(=O)O[C@H](C)C(=O)Nc2ccc(S(=O)(=O)N3CCCCC3)cc2)c(OC)c1. The van der Waals surface area contributed by atoms with Crippen molar-refractivity contribution in [1.82, 2.24) is 4.31 Å². The van der Waals surface area contributed by atoms with Gasteiger partial charge in [-0.15, -0.1) is 0 Å². The van der Waals surface area contributed by atoms with Crippen LogP contribution < -0.4 is 14.8 Å². The number of nitrogens with one attached hydrogen (secondary N) is 1. The van der Waals surface area contributed by atoms with Gasteiger partial charge < -0.3 is 19.5 Å². The van der Waals surface area contributed by atoms with Gasteiger partial charge in [0.05, 0.1) is 19.1 Å². The lowest BCUT2D eigenvalue weighted by Crippen LogP contribution is -2.35. The van der Waals surface area contributed by atoms with Gasteiger partial charge in [-0.25, -0.2) is 13.2 Å². The van der Waals surface area contributed by atoms with Gasteiger partial charge in [-0.2, -0.15) is 4.31 Å². The average molecular weight is 477 g/mol. The van der Waals surface area contributed by atoms with Crippen molar-refractivity contribution in [2.75, 3.05) is 32.6 Å². The number of hydrogen-bond acceptors (Lipinski definition) is 7. The molecule has 0 bridgehead atoms. The Kier molecular flexibility index (Phi) is 7.93. The van der Waals surface area contributed by atoms with Crippen molar-refractivity contribution < 1.29 is 32.2 Å². The minimum Gasteiger partial charge on any atom is -0.497 e. The predicted octanol–water partition coefficient (Wildman–Crippen LogP) is 3.06.